The monoisotopic (exact) mass is 271 g/mol. The molecule has 4 nitrogen and oxygen atoms in total. The topological polar surface area (TPSA) is 61.5 Å². The third kappa shape index (κ3) is 5.38. The summed E-state index contributed by atoms with van der Waals surface area (Å²) in [6.45, 7) is 11.1. The Morgan fingerprint density at radius 2 is 1.95 bits per heavy atom. The minimum Gasteiger partial charge on any atom is -0.396 e. The molecule has 0 amide bonds. The lowest BCUT2D eigenvalue weighted by Crippen LogP contribution is -2.60. The quantitative estimate of drug-likeness (QED) is 0.620. The lowest BCUT2D eigenvalue weighted by Gasteiger charge is -2.44. The molecule has 0 aromatic heterocycles. The van der Waals surface area contributed by atoms with E-state index in [0.717, 1.165) is 44.7 Å². The van der Waals surface area contributed by atoms with Crippen LogP contribution < -0.4 is 11.1 Å². The molecule has 4 heteroatoms. The van der Waals surface area contributed by atoms with E-state index in [1.54, 1.807) is 0 Å². The van der Waals surface area contributed by atoms with Gasteiger partial charge in [-0.25, -0.2) is 0 Å². The van der Waals surface area contributed by atoms with Crippen molar-refractivity contribution in [3.63, 3.8) is 0 Å². The average molecular weight is 271 g/mol. The molecule has 0 aliphatic carbocycles. The minimum absolute atomic E-state index is 0.0866. The van der Waals surface area contributed by atoms with E-state index in [1.165, 1.54) is 6.54 Å². The molecule has 0 saturated carbocycles. The zero-order valence-corrected chi connectivity index (χ0v) is 13.0. The Bertz CT molecular complexity index is 238. The molecule has 0 radical (unpaired) electrons. The van der Waals surface area contributed by atoms with Gasteiger partial charge in [-0.05, 0) is 44.7 Å². The number of hydrogen-bond acceptors (Lipinski definition) is 4. The number of hydrogen-bond donors (Lipinski definition) is 3. The molecular weight excluding hydrogens is 238 g/mol. The first kappa shape index (κ1) is 16.9. The van der Waals surface area contributed by atoms with Gasteiger partial charge < -0.3 is 21.1 Å². The van der Waals surface area contributed by atoms with E-state index in [4.69, 9.17) is 10.8 Å². The second-order valence-electron chi connectivity index (χ2n) is 6.44. The molecular formula is C15H33N3O. The molecule has 1 saturated heterocycles. The SMILES string of the molecule is CCC(CCO)NC1(CN)CCN(CC(C)C)CC1. The van der Waals surface area contributed by atoms with Gasteiger partial charge in [0.1, 0.15) is 0 Å². The Hall–Kier alpha value is -0.160. The van der Waals surface area contributed by atoms with Crippen LogP contribution in [0.15, 0.2) is 0 Å². The van der Waals surface area contributed by atoms with Gasteiger partial charge in [-0.2, -0.15) is 0 Å². The lowest BCUT2D eigenvalue weighted by atomic mass is 9.85. The number of likely N-dealkylation sites (tertiary alicyclic amines) is 1. The van der Waals surface area contributed by atoms with Crippen molar-refractivity contribution < 1.29 is 5.11 Å². The van der Waals surface area contributed by atoms with Crippen LogP contribution in [0, 0.1) is 5.92 Å². The van der Waals surface area contributed by atoms with E-state index in [2.05, 4.69) is 31.0 Å². The van der Waals surface area contributed by atoms with Gasteiger partial charge in [0, 0.05) is 31.3 Å². The van der Waals surface area contributed by atoms with E-state index in [1.807, 2.05) is 0 Å². The molecule has 1 heterocycles. The number of rotatable bonds is 8. The molecule has 4 N–H and O–H groups in total. The fraction of sp³-hybridized carbons (Fsp3) is 1.00. The normalized spacial score (nSPS) is 21.8. The number of aliphatic hydroxyl groups is 1. The Labute approximate surface area is 118 Å². The summed E-state index contributed by atoms with van der Waals surface area (Å²) in [6, 6.07) is 0.394. The molecule has 0 aromatic rings. The number of piperidine rings is 1. The second kappa shape index (κ2) is 8.20. The van der Waals surface area contributed by atoms with Crippen molar-refractivity contribution in [3.05, 3.63) is 0 Å². The summed E-state index contributed by atoms with van der Waals surface area (Å²) in [6.07, 6.45) is 4.13. The lowest BCUT2D eigenvalue weighted by molar-refractivity contribution is 0.113. The highest BCUT2D eigenvalue weighted by molar-refractivity contribution is 4.96. The van der Waals surface area contributed by atoms with Gasteiger partial charge in [-0.3, -0.25) is 0 Å². The maximum atomic E-state index is 9.12. The number of nitrogens with zero attached hydrogens (tertiary/aromatic N) is 1. The molecule has 0 aromatic carbocycles. The van der Waals surface area contributed by atoms with Crippen LogP contribution in [-0.2, 0) is 0 Å². The van der Waals surface area contributed by atoms with Gasteiger partial charge in [0.05, 0.1) is 0 Å². The van der Waals surface area contributed by atoms with Gasteiger partial charge in [-0.15, -0.1) is 0 Å². The minimum atomic E-state index is 0.0866. The Morgan fingerprint density at radius 1 is 1.32 bits per heavy atom. The fourth-order valence-corrected chi connectivity index (χ4v) is 3.05. The largest absolute Gasteiger partial charge is 0.396 e. The third-order valence-corrected chi connectivity index (χ3v) is 4.31. The van der Waals surface area contributed by atoms with Crippen LogP contribution in [0.4, 0.5) is 0 Å². The predicted molar refractivity (Wildman–Crippen MR) is 81.2 cm³/mol. The van der Waals surface area contributed by atoms with Crippen LogP contribution >= 0.6 is 0 Å². The summed E-state index contributed by atoms with van der Waals surface area (Å²) in [5, 5.41) is 12.8. The molecule has 1 atom stereocenters. The van der Waals surface area contributed by atoms with Gasteiger partial charge in [-0.1, -0.05) is 20.8 Å². The average Bonchev–Trinajstić information content (AvgIpc) is 2.40. The van der Waals surface area contributed by atoms with Gasteiger partial charge in [0.2, 0.25) is 0 Å². The zero-order valence-electron chi connectivity index (χ0n) is 13.0. The number of aliphatic hydroxyl groups excluding tert-OH is 1. The van der Waals surface area contributed by atoms with Crippen molar-refractivity contribution >= 4 is 0 Å². The summed E-state index contributed by atoms with van der Waals surface area (Å²) in [5.74, 6) is 0.733. The van der Waals surface area contributed by atoms with Crippen LogP contribution in [0.3, 0.4) is 0 Å². The van der Waals surface area contributed by atoms with Crippen molar-refractivity contribution in [2.24, 2.45) is 11.7 Å². The van der Waals surface area contributed by atoms with Crippen molar-refractivity contribution in [3.8, 4) is 0 Å². The van der Waals surface area contributed by atoms with Crippen LogP contribution in [0.2, 0.25) is 0 Å². The van der Waals surface area contributed by atoms with Crippen molar-refractivity contribution in [1.82, 2.24) is 10.2 Å². The molecule has 1 rings (SSSR count). The summed E-state index contributed by atoms with van der Waals surface area (Å²) in [5.41, 5.74) is 6.13. The van der Waals surface area contributed by atoms with Gasteiger partial charge >= 0.3 is 0 Å². The van der Waals surface area contributed by atoms with Crippen LogP contribution in [0.25, 0.3) is 0 Å². The molecule has 1 fully saturated rings. The summed E-state index contributed by atoms with van der Waals surface area (Å²) in [7, 11) is 0. The first-order valence-corrected chi connectivity index (χ1v) is 7.86. The van der Waals surface area contributed by atoms with Crippen molar-refractivity contribution in [2.75, 3.05) is 32.8 Å². The van der Waals surface area contributed by atoms with Crippen LogP contribution in [0.1, 0.15) is 46.5 Å². The molecule has 114 valence electrons. The second-order valence-corrected chi connectivity index (χ2v) is 6.44. The van der Waals surface area contributed by atoms with Gasteiger partial charge in [0.25, 0.3) is 0 Å². The first-order valence-electron chi connectivity index (χ1n) is 7.86. The molecule has 0 bridgehead atoms. The molecule has 1 unspecified atom stereocenters. The van der Waals surface area contributed by atoms with E-state index in [9.17, 15) is 0 Å². The maximum Gasteiger partial charge on any atom is 0.0445 e. The fourth-order valence-electron chi connectivity index (χ4n) is 3.05. The number of nitrogens with two attached hydrogens (primary N) is 1. The predicted octanol–water partition coefficient (Wildman–Crippen LogP) is 1.19. The third-order valence-electron chi connectivity index (χ3n) is 4.31. The highest BCUT2D eigenvalue weighted by Gasteiger charge is 2.34. The first-order chi connectivity index (χ1) is 9.05. The Kier molecular flexibility index (Phi) is 7.29. The maximum absolute atomic E-state index is 9.12. The molecule has 19 heavy (non-hydrogen) atoms. The van der Waals surface area contributed by atoms with Crippen molar-refractivity contribution in [2.45, 2.75) is 58.0 Å². The Balaban J connectivity index is 2.49. The molecule has 0 spiro atoms. The smallest absolute Gasteiger partial charge is 0.0445 e. The summed E-state index contributed by atoms with van der Waals surface area (Å²) < 4.78 is 0. The van der Waals surface area contributed by atoms with Crippen LogP contribution in [-0.4, -0.2) is 54.4 Å². The molecule has 1 aliphatic heterocycles. The summed E-state index contributed by atoms with van der Waals surface area (Å²) >= 11 is 0. The van der Waals surface area contributed by atoms with Crippen molar-refractivity contribution in [1.29, 1.82) is 0 Å². The molecule has 1 aliphatic rings. The van der Waals surface area contributed by atoms with Gasteiger partial charge in [0.15, 0.2) is 0 Å². The summed E-state index contributed by atoms with van der Waals surface area (Å²) in [4.78, 5) is 2.55. The van der Waals surface area contributed by atoms with E-state index in [-0.39, 0.29) is 12.1 Å². The highest BCUT2D eigenvalue weighted by Crippen LogP contribution is 2.23. The van der Waals surface area contributed by atoms with E-state index < -0.39 is 0 Å². The van der Waals surface area contributed by atoms with E-state index in [0.29, 0.717) is 12.6 Å². The zero-order chi connectivity index (χ0) is 14.3. The Morgan fingerprint density at radius 3 is 2.37 bits per heavy atom. The standard InChI is InChI=1S/C15H33N3O/c1-4-14(5-10-19)17-15(12-16)6-8-18(9-7-15)11-13(2)3/h13-14,17,19H,4-12,16H2,1-3H3. The van der Waals surface area contributed by atoms with E-state index >= 15 is 0 Å². The number of nitrogens with one attached hydrogen (secondary N) is 1. The van der Waals surface area contributed by atoms with Crippen LogP contribution in [0.5, 0.6) is 0 Å². The highest BCUT2D eigenvalue weighted by atomic mass is 16.3.